The summed E-state index contributed by atoms with van der Waals surface area (Å²) in [5, 5.41) is 8.25. The molecule has 0 aliphatic rings. The average molecular weight is 477 g/mol. The summed E-state index contributed by atoms with van der Waals surface area (Å²) in [6, 6.07) is 18.4. The molecule has 0 saturated carbocycles. The first-order valence-electron chi connectivity index (χ1n) is 11.4. The van der Waals surface area contributed by atoms with Crippen LogP contribution in [-0.2, 0) is 17.8 Å². The molecule has 0 saturated heterocycles. The van der Waals surface area contributed by atoms with E-state index >= 15 is 0 Å². The lowest BCUT2D eigenvalue weighted by atomic mass is 9.95. The van der Waals surface area contributed by atoms with Crippen molar-refractivity contribution in [2.45, 2.75) is 46.1 Å². The Hall–Kier alpha value is -3.52. The lowest BCUT2D eigenvalue weighted by Crippen LogP contribution is -2.20. The summed E-state index contributed by atoms with van der Waals surface area (Å²) < 4.78 is 7.23. The third-order valence-electron chi connectivity index (χ3n) is 5.34. The maximum atomic E-state index is 12.9. The van der Waals surface area contributed by atoms with Gasteiger partial charge in [0.15, 0.2) is 0 Å². The normalized spacial score (nSPS) is 12.1. The molecular weight excluding hydrogens is 448 g/mol. The van der Waals surface area contributed by atoms with Gasteiger partial charge in [0, 0.05) is 24.2 Å². The van der Waals surface area contributed by atoms with Crippen LogP contribution in [0.4, 0.5) is 5.69 Å². The Kier molecular flexibility index (Phi) is 7.37. The fourth-order valence-electron chi connectivity index (χ4n) is 3.71. The van der Waals surface area contributed by atoms with Crippen LogP contribution in [0.25, 0.3) is 4.96 Å². The van der Waals surface area contributed by atoms with E-state index in [1.54, 1.807) is 6.07 Å². The lowest BCUT2D eigenvalue weighted by molar-refractivity contribution is -0.117. The van der Waals surface area contributed by atoms with Gasteiger partial charge in [0.25, 0.3) is 5.56 Å². The summed E-state index contributed by atoms with van der Waals surface area (Å²) in [6.45, 7) is 6.37. The van der Waals surface area contributed by atoms with Crippen LogP contribution < -0.4 is 15.6 Å². The number of hydrogen-bond donors (Lipinski definition) is 1. The predicted molar refractivity (Wildman–Crippen MR) is 135 cm³/mol. The molecule has 0 spiro atoms. The zero-order chi connectivity index (χ0) is 24.1. The Morgan fingerprint density at radius 1 is 1.12 bits per heavy atom. The van der Waals surface area contributed by atoms with Crippen molar-refractivity contribution in [2.24, 2.45) is 5.92 Å². The smallest absolute Gasteiger partial charge is 0.275 e. The van der Waals surface area contributed by atoms with E-state index in [2.05, 4.69) is 29.2 Å². The first-order chi connectivity index (χ1) is 16.4. The van der Waals surface area contributed by atoms with Crippen molar-refractivity contribution in [2.75, 3.05) is 5.32 Å². The van der Waals surface area contributed by atoms with Crippen molar-refractivity contribution in [3.63, 3.8) is 0 Å². The molecule has 1 amide bonds. The molecular formula is C26H28N4O3S. The van der Waals surface area contributed by atoms with Gasteiger partial charge in [0.05, 0.1) is 11.6 Å². The van der Waals surface area contributed by atoms with Gasteiger partial charge in [-0.15, -0.1) is 0 Å². The third kappa shape index (κ3) is 5.69. The summed E-state index contributed by atoms with van der Waals surface area (Å²) in [7, 11) is 0. The Morgan fingerprint density at radius 2 is 1.91 bits per heavy atom. The summed E-state index contributed by atoms with van der Waals surface area (Å²) >= 11 is 1.43. The van der Waals surface area contributed by atoms with Crippen LogP contribution >= 0.6 is 11.3 Å². The summed E-state index contributed by atoms with van der Waals surface area (Å²) in [5.41, 5.74) is 1.96. The van der Waals surface area contributed by atoms with Gasteiger partial charge < -0.3 is 10.1 Å². The molecule has 0 aliphatic carbocycles. The molecule has 176 valence electrons. The summed E-state index contributed by atoms with van der Waals surface area (Å²) in [5.74, 6) is 0.743. The number of rotatable bonds is 9. The van der Waals surface area contributed by atoms with Gasteiger partial charge in [-0.05, 0) is 30.0 Å². The number of ether oxygens (including phenoxy) is 1. The van der Waals surface area contributed by atoms with Crippen LogP contribution in [-0.4, -0.2) is 20.5 Å². The lowest BCUT2D eigenvalue weighted by Gasteiger charge is -2.16. The first-order valence-corrected chi connectivity index (χ1v) is 12.2. The average Bonchev–Trinajstić information content (AvgIpc) is 3.21. The SMILES string of the molecule is CC[C@H](C(=O)Nc1cccc(OCc2cc(=O)n3nc(CC(C)C)sc3n2)c1)c1ccccc1. The number of amides is 1. The molecule has 0 fully saturated rings. The van der Waals surface area contributed by atoms with Gasteiger partial charge in [0.2, 0.25) is 10.9 Å². The molecule has 34 heavy (non-hydrogen) atoms. The van der Waals surface area contributed by atoms with Crippen molar-refractivity contribution < 1.29 is 9.53 Å². The van der Waals surface area contributed by atoms with Crippen molar-refractivity contribution in [1.29, 1.82) is 0 Å². The van der Waals surface area contributed by atoms with Crippen molar-refractivity contribution in [1.82, 2.24) is 14.6 Å². The van der Waals surface area contributed by atoms with Gasteiger partial charge >= 0.3 is 0 Å². The van der Waals surface area contributed by atoms with Gasteiger partial charge in [-0.25, -0.2) is 4.98 Å². The Morgan fingerprint density at radius 3 is 2.65 bits per heavy atom. The highest BCUT2D eigenvalue weighted by Crippen LogP contribution is 2.24. The minimum absolute atomic E-state index is 0.0617. The number of anilines is 1. The number of carbonyl (C=O) groups excluding carboxylic acids is 1. The minimum atomic E-state index is -0.227. The molecule has 1 N–H and O–H groups in total. The maximum Gasteiger partial charge on any atom is 0.275 e. The second-order valence-electron chi connectivity index (χ2n) is 8.55. The number of hydrogen-bond acceptors (Lipinski definition) is 6. The van der Waals surface area contributed by atoms with Crippen LogP contribution in [0.15, 0.2) is 65.5 Å². The van der Waals surface area contributed by atoms with E-state index in [1.807, 2.05) is 55.5 Å². The number of aromatic nitrogens is 3. The molecule has 0 radical (unpaired) electrons. The highest BCUT2D eigenvalue weighted by atomic mass is 32.1. The van der Waals surface area contributed by atoms with E-state index in [1.165, 1.54) is 21.9 Å². The molecule has 2 aromatic carbocycles. The van der Waals surface area contributed by atoms with E-state index in [4.69, 9.17) is 4.74 Å². The number of benzene rings is 2. The molecule has 4 rings (SSSR count). The molecule has 4 aromatic rings. The van der Waals surface area contributed by atoms with Gasteiger partial charge in [-0.3, -0.25) is 9.59 Å². The predicted octanol–water partition coefficient (Wildman–Crippen LogP) is 5.06. The second kappa shape index (κ2) is 10.6. The number of nitrogens with zero attached hydrogens (tertiary/aromatic N) is 3. The fourth-order valence-corrected chi connectivity index (χ4v) is 4.84. The third-order valence-corrected chi connectivity index (χ3v) is 6.27. The number of fused-ring (bicyclic) bond motifs is 1. The Balaban J connectivity index is 1.44. The fraction of sp³-hybridized carbons (Fsp3) is 0.308. The number of carbonyl (C=O) groups is 1. The molecule has 2 heterocycles. The monoisotopic (exact) mass is 476 g/mol. The molecule has 2 aromatic heterocycles. The summed E-state index contributed by atoms with van der Waals surface area (Å²) in [6.07, 6.45) is 1.51. The zero-order valence-electron chi connectivity index (χ0n) is 19.5. The minimum Gasteiger partial charge on any atom is -0.487 e. The van der Waals surface area contributed by atoms with Gasteiger partial charge in [-0.2, -0.15) is 9.61 Å². The van der Waals surface area contributed by atoms with Crippen LogP contribution in [0.1, 0.15) is 49.4 Å². The van der Waals surface area contributed by atoms with Crippen LogP contribution in [0.5, 0.6) is 5.75 Å². The van der Waals surface area contributed by atoms with E-state index in [0.717, 1.165) is 17.0 Å². The largest absolute Gasteiger partial charge is 0.487 e. The molecule has 0 bridgehead atoms. The topological polar surface area (TPSA) is 85.6 Å². The van der Waals surface area contributed by atoms with Gasteiger partial charge in [-0.1, -0.05) is 68.5 Å². The Labute approximate surface area is 202 Å². The van der Waals surface area contributed by atoms with E-state index < -0.39 is 0 Å². The van der Waals surface area contributed by atoms with Crippen molar-refractivity contribution >= 4 is 27.9 Å². The Bertz CT molecular complexity index is 1330. The standard InChI is InChI=1S/C26H28N4O3S/c1-4-22(18-9-6-5-7-10-18)25(32)27-19-11-8-12-21(14-19)33-16-20-15-24(31)30-26(28-20)34-23(29-30)13-17(2)3/h5-12,14-15,17,22H,4,13,16H2,1-3H3,(H,27,32)/t22-/m0/s1. The van der Waals surface area contributed by atoms with Crippen molar-refractivity contribution in [3.05, 3.63) is 87.3 Å². The molecule has 1 atom stereocenters. The van der Waals surface area contributed by atoms with Crippen LogP contribution in [0, 0.1) is 5.92 Å². The second-order valence-corrected chi connectivity index (χ2v) is 9.59. The zero-order valence-corrected chi connectivity index (χ0v) is 20.3. The molecule has 0 unspecified atom stereocenters. The molecule has 8 heteroatoms. The maximum absolute atomic E-state index is 12.9. The van der Waals surface area contributed by atoms with E-state index in [-0.39, 0.29) is 24.0 Å². The van der Waals surface area contributed by atoms with E-state index in [0.29, 0.717) is 34.4 Å². The highest BCUT2D eigenvalue weighted by Gasteiger charge is 2.18. The number of nitrogens with one attached hydrogen (secondary N) is 1. The van der Waals surface area contributed by atoms with Crippen molar-refractivity contribution in [3.8, 4) is 5.75 Å². The van der Waals surface area contributed by atoms with Crippen LogP contribution in [0.3, 0.4) is 0 Å². The van der Waals surface area contributed by atoms with E-state index in [9.17, 15) is 9.59 Å². The summed E-state index contributed by atoms with van der Waals surface area (Å²) in [4.78, 5) is 30.4. The first kappa shape index (κ1) is 23.6. The van der Waals surface area contributed by atoms with Crippen LogP contribution in [0.2, 0.25) is 0 Å². The quantitative estimate of drug-likeness (QED) is 0.365. The molecule has 7 nitrogen and oxygen atoms in total. The molecule has 0 aliphatic heterocycles. The van der Waals surface area contributed by atoms with Gasteiger partial charge in [0.1, 0.15) is 17.4 Å². The highest BCUT2D eigenvalue weighted by molar-refractivity contribution is 7.16.